The fourth-order valence-corrected chi connectivity index (χ4v) is 1.65. The van der Waals surface area contributed by atoms with Gasteiger partial charge in [-0.3, -0.25) is 0 Å². The van der Waals surface area contributed by atoms with E-state index in [1.165, 1.54) is 5.56 Å². The largest absolute Gasteiger partial charge is 0.463 e. The molecule has 1 heterocycles. The maximum atomic E-state index is 5.68. The van der Waals surface area contributed by atoms with Crippen LogP contribution in [0, 0.1) is 0 Å². The lowest BCUT2D eigenvalue weighted by atomic mass is 10.1. The van der Waals surface area contributed by atoms with Crippen molar-refractivity contribution in [3.63, 3.8) is 0 Å². The third kappa shape index (κ3) is 3.40. The van der Waals surface area contributed by atoms with Crippen molar-refractivity contribution in [2.75, 3.05) is 12.3 Å². The minimum absolute atomic E-state index is 0.177. The van der Waals surface area contributed by atoms with Crippen LogP contribution in [0.15, 0.2) is 24.3 Å². The summed E-state index contributed by atoms with van der Waals surface area (Å²) in [6.45, 7) is 4.71. The topological polar surface area (TPSA) is 73.9 Å². The van der Waals surface area contributed by atoms with Crippen molar-refractivity contribution in [1.82, 2.24) is 15.0 Å². The fourth-order valence-electron chi connectivity index (χ4n) is 1.65. The van der Waals surface area contributed by atoms with Crippen LogP contribution >= 0.6 is 0 Å². The first-order valence-electron chi connectivity index (χ1n) is 6.46. The van der Waals surface area contributed by atoms with Gasteiger partial charge in [0.1, 0.15) is 0 Å². The van der Waals surface area contributed by atoms with Crippen molar-refractivity contribution in [3.8, 4) is 17.4 Å². The smallest absolute Gasteiger partial charge is 0.321 e. The van der Waals surface area contributed by atoms with E-state index in [9.17, 15) is 0 Å². The van der Waals surface area contributed by atoms with Crippen molar-refractivity contribution < 1.29 is 4.74 Å². The average Bonchev–Trinajstić information content (AvgIpc) is 2.44. The molecule has 0 radical (unpaired) electrons. The zero-order valence-corrected chi connectivity index (χ0v) is 11.3. The SMILES string of the molecule is CCCOc1nc(N)nc(-c2ccc(CC)cc2)n1. The van der Waals surface area contributed by atoms with Gasteiger partial charge in [-0.05, 0) is 18.4 Å². The summed E-state index contributed by atoms with van der Waals surface area (Å²) in [4.78, 5) is 12.4. The Balaban J connectivity index is 2.29. The molecule has 2 N–H and O–H groups in total. The van der Waals surface area contributed by atoms with Gasteiger partial charge in [0.2, 0.25) is 5.95 Å². The summed E-state index contributed by atoms with van der Waals surface area (Å²) in [5.74, 6) is 0.719. The van der Waals surface area contributed by atoms with Gasteiger partial charge in [-0.15, -0.1) is 0 Å². The van der Waals surface area contributed by atoms with Gasteiger partial charge in [-0.2, -0.15) is 15.0 Å². The van der Waals surface area contributed by atoms with Crippen LogP contribution in [-0.2, 0) is 6.42 Å². The molecule has 5 nitrogen and oxygen atoms in total. The van der Waals surface area contributed by atoms with Gasteiger partial charge >= 0.3 is 6.01 Å². The molecule has 1 aromatic carbocycles. The Morgan fingerprint density at radius 3 is 2.42 bits per heavy atom. The molecule has 0 spiro atoms. The number of aryl methyl sites for hydroxylation is 1. The second-order valence-corrected chi connectivity index (χ2v) is 4.20. The fraction of sp³-hybridized carbons (Fsp3) is 0.357. The number of ether oxygens (including phenoxy) is 1. The number of aromatic nitrogens is 3. The normalized spacial score (nSPS) is 10.4. The molecule has 2 rings (SSSR count). The molecule has 0 saturated carbocycles. The first-order chi connectivity index (χ1) is 9.22. The second-order valence-electron chi connectivity index (χ2n) is 4.20. The van der Waals surface area contributed by atoms with E-state index in [0.29, 0.717) is 12.4 Å². The lowest BCUT2D eigenvalue weighted by Crippen LogP contribution is -2.05. The van der Waals surface area contributed by atoms with Gasteiger partial charge in [-0.25, -0.2) is 0 Å². The van der Waals surface area contributed by atoms with E-state index >= 15 is 0 Å². The number of nitrogen functional groups attached to an aromatic ring is 1. The van der Waals surface area contributed by atoms with Gasteiger partial charge < -0.3 is 10.5 Å². The van der Waals surface area contributed by atoms with Gasteiger partial charge in [0, 0.05) is 5.56 Å². The molecule has 1 aromatic heterocycles. The zero-order chi connectivity index (χ0) is 13.7. The molecule has 0 aliphatic rings. The molecule has 0 aliphatic heterocycles. The third-order valence-corrected chi connectivity index (χ3v) is 2.69. The minimum atomic E-state index is 0.177. The standard InChI is InChI=1S/C14H18N4O/c1-3-9-19-14-17-12(16-13(15)18-14)11-7-5-10(4-2)6-8-11/h5-8H,3-4,9H2,1-2H3,(H2,15,16,17,18). The second kappa shape index (κ2) is 6.13. The molecule has 0 fully saturated rings. The van der Waals surface area contributed by atoms with E-state index in [4.69, 9.17) is 10.5 Å². The number of nitrogens with two attached hydrogens (primary N) is 1. The number of anilines is 1. The summed E-state index contributed by atoms with van der Waals surface area (Å²) in [7, 11) is 0. The quantitative estimate of drug-likeness (QED) is 0.891. The van der Waals surface area contributed by atoms with Gasteiger partial charge in [0.05, 0.1) is 6.61 Å². The molecule has 0 amide bonds. The average molecular weight is 258 g/mol. The number of nitrogens with zero attached hydrogens (tertiary/aromatic N) is 3. The first kappa shape index (κ1) is 13.3. The Labute approximate surface area is 112 Å². The Bertz CT molecular complexity index is 540. The summed E-state index contributed by atoms with van der Waals surface area (Å²) in [6.07, 6.45) is 1.90. The summed E-state index contributed by atoms with van der Waals surface area (Å²) in [6, 6.07) is 8.36. The summed E-state index contributed by atoms with van der Waals surface area (Å²) < 4.78 is 5.40. The van der Waals surface area contributed by atoms with Crippen molar-refractivity contribution in [2.45, 2.75) is 26.7 Å². The van der Waals surface area contributed by atoms with Crippen molar-refractivity contribution in [3.05, 3.63) is 29.8 Å². The van der Waals surface area contributed by atoms with E-state index < -0.39 is 0 Å². The Morgan fingerprint density at radius 1 is 1.05 bits per heavy atom. The molecule has 0 unspecified atom stereocenters. The van der Waals surface area contributed by atoms with Gasteiger partial charge in [0.25, 0.3) is 0 Å². The van der Waals surface area contributed by atoms with E-state index in [2.05, 4.69) is 34.0 Å². The first-order valence-corrected chi connectivity index (χ1v) is 6.46. The lowest BCUT2D eigenvalue weighted by Gasteiger charge is -2.06. The van der Waals surface area contributed by atoms with Crippen LogP contribution in [0.1, 0.15) is 25.8 Å². The van der Waals surface area contributed by atoms with Crippen molar-refractivity contribution >= 4 is 5.95 Å². The number of hydrogen-bond donors (Lipinski definition) is 1. The predicted octanol–water partition coefficient (Wildman–Crippen LogP) is 2.47. The van der Waals surface area contributed by atoms with Crippen LogP contribution in [-0.4, -0.2) is 21.6 Å². The van der Waals surface area contributed by atoms with E-state index in [1.54, 1.807) is 0 Å². The molecule has 2 aromatic rings. The van der Waals surface area contributed by atoms with Crippen molar-refractivity contribution in [1.29, 1.82) is 0 Å². The zero-order valence-electron chi connectivity index (χ0n) is 11.3. The molecular weight excluding hydrogens is 240 g/mol. The Morgan fingerprint density at radius 2 is 1.79 bits per heavy atom. The molecule has 0 bridgehead atoms. The highest BCUT2D eigenvalue weighted by molar-refractivity contribution is 5.56. The maximum Gasteiger partial charge on any atom is 0.321 e. The van der Waals surface area contributed by atoms with Crippen LogP contribution in [0.25, 0.3) is 11.4 Å². The third-order valence-electron chi connectivity index (χ3n) is 2.69. The number of rotatable bonds is 5. The summed E-state index contributed by atoms with van der Waals surface area (Å²) in [5.41, 5.74) is 7.86. The monoisotopic (exact) mass is 258 g/mol. The summed E-state index contributed by atoms with van der Waals surface area (Å²) in [5, 5.41) is 0. The Kier molecular flexibility index (Phi) is 4.28. The lowest BCUT2D eigenvalue weighted by molar-refractivity contribution is 0.292. The van der Waals surface area contributed by atoms with Gasteiger partial charge in [0.15, 0.2) is 5.82 Å². The van der Waals surface area contributed by atoms with Crippen LogP contribution in [0.5, 0.6) is 6.01 Å². The van der Waals surface area contributed by atoms with Crippen LogP contribution in [0.4, 0.5) is 5.95 Å². The highest BCUT2D eigenvalue weighted by Crippen LogP contribution is 2.18. The van der Waals surface area contributed by atoms with E-state index in [1.807, 2.05) is 19.1 Å². The van der Waals surface area contributed by atoms with E-state index in [-0.39, 0.29) is 12.0 Å². The van der Waals surface area contributed by atoms with Gasteiger partial charge in [-0.1, -0.05) is 38.1 Å². The number of benzene rings is 1. The molecule has 100 valence electrons. The Hall–Kier alpha value is -2.17. The molecule has 5 heteroatoms. The van der Waals surface area contributed by atoms with Crippen LogP contribution in [0.3, 0.4) is 0 Å². The molecule has 19 heavy (non-hydrogen) atoms. The predicted molar refractivity (Wildman–Crippen MR) is 74.8 cm³/mol. The van der Waals surface area contributed by atoms with Crippen LogP contribution in [0.2, 0.25) is 0 Å². The summed E-state index contributed by atoms with van der Waals surface area (Å²) >= 11 is 0. The molecule has 0 saturated heterocycles. The number of hydrogen-bond acceptors (Lipinski definition) is 5. The van der Waals surface area contributed by atoms with E-state index in [0.717, 1.165) is 18.4 Å². The molecule has 0 atom stereocenters. The maximum absolute atomic E-state index is 5.68. The molecular formula is C14H18N4O. The molecule has 0 aliphatic carbocycles. The highest BCUT2D eigenvalue weighted by atomic mass is 16.5. The highest BCUT2D eigenvalue weighted by Gasteiger charge is 2.07. The minimum Gasteiger partial charge on any atom is -0.463 e. The van der Waals surface area contributed by atoms with Crippen molar-refractivity contribution in [2.24, 2.45) is 0 Å². The van der Waals surface area contributed by atoms with Crippen LogP contribution < -0.4 is 10.5 Å².